The van der Waals surface area contributed by atoms with Crippen molar-refractivity contribution in [2.45, 2.75) is 47.1 Å². The van der Waals surface area contributed by atoms with Crippen LogP contribution < -0.4 is 10.3 Å². The Kier molecular flexibility index (Phi) is 8.10. The second kappa shape index (κ2) is 10.8. The van der Waals surface area contributed by atoms with E-state index in [-0.39, 0.29) is 16.9 Å². The van der Waals surface area contributed by atoms with Gasteiger partial charge in [-0.3, -0.25) is 14.2 Å². The highest BCUT2D eigenvalue weighted by Crippen LogP contribution is 2.29. The summed E-state index contributed by atoms with van der Waals surface area (Å²) in [7, 11) is 1.61. The van der Waals surface area contributed by atoms with E-state index in [9.17, 15) is 9.59 Å². The minimum atomic E-state index is -0.475. The number of amides is 1. The summed E-state index contributed by atoms with van der Waals surface area (Å²) in [6.07, 6.45) is 0.369. The quantitative estimate of drug-likeness (QED) is 0.456. The number of para-hydroxylation sites is 3. The lowest BCUT2D eigenvalue weighted by atomic mass is 9.91. The minimum absolute atomic E-state index is 0.0101. The Balaban J connectivity index is 2.25. The van der Waals surface area contributed by atoms with E-state index < -0.39 is 6.04 Å². The summed E-state index contributed by atoms with van der Waals surface area (Å²) in [5.74, 6) is 1.06. The number of hydrogen-bond donors (Lipinski definition) is 0. The fraction of sp³-hybridized carbons (Fsp3) is 0.444. The molecule has 0 saturated heterocycles. The van der Waals surface area contributed by atoms with Crippen LogP contribution in [0.5, 0.6) is 5.75 Å². The number of carbonyl (C=O) groups is 1. The molecule has 1 atom stereocenters. The molecule has 0 N–H and O–H groups in total. The van der Waals surface area contributed by atoms with Crippen molar-refractivity contribution in [1.29, 1.82) is 0 Å². The van der Waals surface area contributed by atoms with E-state index >= 15 is 0 Å². The number of ether oxygens (including phenoxy) is 2. The maximum Gasteiger partial charge on any atom is 0.266 e. The summed E-state index contributed by atoms with van der Waals surface area (Å²) in [6, 6.07) is 14.2. The lowest BCUT2D eigenvalue weighted by Crippen LogP contribution is -2.40. The smallest absolute Gasteiger partial charge is 0.266 e. The molecule has 0 radical (unpaired) electrons. The van der Waals surface area contributed by atoms with Crippen LogP contribution in [0.3, 0.4) is 0 Å². The molecule has 0 fully saturated rings. The van der Waals surface area contributed by atoms with Gasteiger partial charge in [-0.05, 0) is 43.5 Å². The fourth-order valence-electron chi connectivity index (χ4n) is 4.00. The van der Waals surface area contributed by atoms with Gasteiger partial charge in [0.25, 0.3) is 5.56 Å². The average Bonchev–Trinajstić information content (AvgIpc) is 2.79. The number of rotatable bonds is 9. The molecule has 0 bridgehead atoms. The molecule has 182 valence electrons. The van der Waals surface area contributed by atoms with Crippen LogP contribution in [0.15, 0.2) is 53.3 Å². The zero-order valence-electron chi connectivity index (χ0n) is 21.0. The van der Waals surface area contributed by atoms with E-state index in [2.05, 4.69) is 0 Å². The highest BCUT2D eigenvalue weighted by atomic mass is 16.5. The van der Waals surface area contributed by atoms with Crippen LogP contribution in [0.1, 0.15) is 52.9 Å². The van der Waals surface area contributed by atoms with Crippen molar-refractivity contribution in [3.8, 4) is 11.4 Å². The summed E-state index contributed by atoms with van der Waals surface area (Å²) in [4.78, 5) is 33.8. The van der Waals surface area contributed by atoms with Crippen molar-refractivity contribution in [2.75, 3.05) is 26.9 Å². The molecule has 0 aliphatic carbocycles. The topological polar surface area (TPSA) is 73.7 Å². The van der Waals surface area contributed by atoms with Gasteiger partial charge in [0.2, 0.25) is 5.91 Å². The maximum absolute atomic E-state index is 13.8. The molecule has 7 nitrogen and oxygen atoms in total. The maximum atomic E-state index is 13.8. The normalized spacial score (nSPS) is 12.5. The molecule has 7 heteroatoms. The number of nitrogens with zero attached hydrogens (tertiary/aromatic N) is 3. The minimum Gasteiger partial charge on any atom is -0.492 e. The predicted molar refractivity (Wildman–Crippen MR) is 135 cm³/mol. The Morgan fingerprint density at radius 1 is 1.12 bits per heavy atom. The Labute approximate surface area is 201 Å². The number of hydrogen-bond acceptors (Lipinski definition) is 5. The molecule has 0 aliphatic rings. The Bertz CT molecular complexity index is 1200. The number of aromatic nitrogens is 2. The van der Waals surface area contributed by atoms with Gasteiger partial charge >= 0.3 is 0 Å². The average molecular weight is 466 g/mol. The van der Waals surface area contributed by atoms with Crippen LogP contribution in [0, 0.1) is 5.41 Å². The summed E-state index contributed by atoms with van der Waals surface area (Å²) >= 11 is 0. The molecule has 1 heterocycles. The third-order valence-corrected chi connectivity index (χ3v) is 5.59. The van der Waals surface area contributed by atoms with Gasteiger partial charge in [-0.2, -0.15) is 0 Å². The molecule has 0 aliphatic heterocycles. The molecule has 1 amide bonds. The van der Waals surface area contributed by atoms with Gasteiger partial charge in [0.1, 0.15) is 11.6 Å². The number of fused-ring (bicyclic) bond motifs is 1. The van der Waals surface area contributed by atoms with Crippen molar-refractivity contribution in [1.82, 2.24) is 14.5 Å². The van der Waals surface area contributed by atoms with E-state index in [0.29, 0.717) is 54.3 Å². The van der Waals surface area contributed by atoms with Crippen LogP contribution in [0.2, 0.25) is 0 Å². The Morgan fingerprint density at radius 3 is 2.47 bits per heavy atom. The summed E-state index contributed by atoms with van der Waals surface area (Å²) in [5.41, 5.74) is 0.814. The Hall–Kier alpha value is -3.19. The standard InChI is InChI=1S/C27H35N3O4/c1-7-34-23-15-11-10-14-22(23)30-25(28-21-13-9-8-12-20(21)26(30)32)19(2)29(16-17-33-6)24(31)18-27(3,4)5/h8-15,19H,7,16-18H2,1-6H3. The second-order valence-electron chi connectivity index (χ2n) is 9.52. The number of carbonyl (C=O) groups excluding carboxylic acids is 1. The third-order valence-electron chi connectivity index (χ3n) is 5.59. The second-order valence-corrected chi connectivity index (χ2v) is 9.52. The molecule has 1 unspecified atom stereocenters. The zero-order chi connectivity index (χ0) is 24.9. The Morgan fingerprint density at radius 2 is 1.79 bits per heavy atom. The van der Waals surface area contributed by atoms with Gasteiger partial charge in [-0.25, -0.2) is 4.98 Å². The summed E-state index contributed by atoms with van der Waals surface area (Å²) < 4.78 is 12.7. The van der Waals surface area contributed by atoms with Crippen LogP contribution in [0.25, 0.3) is 16.6 Å². The van der Waals surface area contributed by atoms with E-state index in [1.807, 2.05) is 77.1 Å². The monoisotopic (exact) mass is 465 g/mol. The third kappa shape index (κ3) is 5.65. The van der Waals surface area contributed by atoms with Crippen molar-refractivity contribution in [3.63, 3.8) is 0 Å². The first kappa shape index (κ1) is 25.4. The highest BCUT2D eigenvalue weighted by molar-refractivity contribution is 5.79. The van der Waals surface area contributed by atoms with Gasteiger partial charge in [-0.15, -0.1) is 0 Å². The molecule has 3 aromatic rings. The number of methoxy groups -OCH3 is 1. The molecule has 3 rings (SSSR count). The van der Waals surface area contributed by atoms with Gasteiger partial charge < -0.3 is 14.4 Å². The van der Waals surface area contributed by atoms with E-state index in [0.717, 1.165) is 0 Å². The van der Waals surface area contributed by atoms with Gasteiger partial charge in [0.15, 0.2) is 0 Å². The van der Waals surface area contributed by atoms with Crippen molar-refractivity contribution in [2.24, 2.45) is 5.41 Å². The molecule has 0 saturated carbocycles. The lowest BCUT2D eigenvalue weighted by Gasteiger charge is -2.32. The van der Waals surface area contributed by atoms with Crippen LogP contribution in [0.4, 0.5) is 0 Å². The van der Waals surface area contributed by atoms with Gasteiger partial charge in [0.05, 0.1) is 35.8 Å². The lowest BCUT2D eigenvalue weighted by molar-refractivity contribution is -0.136. The predicted octanol–water partition coefficient (Wildman–Crippen LogP) is 4.76. The summed E-state index contributed by atoms with van der Waals surface area (Å²) in [5, 5.41) is 0.509. The van der Waals surface area contributed by atoms with Crippen molar-refractivity contribution < 1.29 is 14.3 Å². The molecule has 0 spiro atoms. The summed E-state index contributed by atoms with van der Waals surface area (Å²) in [6.45, 7) is 11.1. The van der Waals surface area contributed by atoms with Gasteiger partial charge in [0, 0.05) is 20.1 Å². The molecule has 2 aromatic carbocycles. The van der Waals surface area contributed by atoms with Crippen LogP contribution in [-0.4, -0.2) is 47.2 Å². The van der Waals surface area contributed by atoms with Crippen LogP contribution in [-0.2, 0) is 9.53 Å². The molecule has 1 aromatic heterocycles. The number of benzene rings is 2. The van der Waals surface area contributed by atoms with Crippen molar-refractivity contribution >= 4 is 16.8 Å². The fourth-order valence-corrected chi connectivity index (χ4v) is 4.00. The van der Waals surface area contributed by atoms with Crippen molar-refractivity contribution in [3.05, 3.63) is 64.7 Å². The van der Waals surface area contributed by atoms with E-state index in [4.69, 9.17) is 14.5 Å². The van der Waals surface area contributed by atoms with E-state index in [1.54, 1.807) is 22.6 Å². The van der Waals surface area contributed by atoms with E-state index in [1.165, 1.54) is 0 Å². The molecular weight excluding hydrogens is 430 g/mol. The molecular formula is C27H35N3O4. The largest absolute Gasteiger partial charge is 0.492 e. The SMILES string of the molecule is CCOc1ccccc1-n1c(C(C)N(CCOC)C(=O)CC(C)(C)C)nc2ccccc2c1=O. The zero-order valence-corrected chi connectivity index (χ0v) is 21.0. The highest BCUT2D eigenvalue weighted by Gasteiger charge is 2.29. The molecule has 34 heavy (non-hydrogen) atoms. The van der Waals surface area contributed by atoms with Gasteiger partial charge in [-0.1, -0.05) is 45.0 Å². The first-order chi connectivity index (χ1) is 16.2. The first-order valence-corrected chi connectivity index (χ1v) is 11.7. The first-order valence-electron chi connectivity index (χ1n) is 11.7. The van der Waals surface area contributed by atoms with Crippen LogP contribution >= 0.6 is 0 Å².